The number of amides is 1. The Kier molecular flexibility index (Phi) is 4.72. The third-order valence-electron chi connectivity index (χ3n) is 3.66. The van der Waals surface area contributed by atoms with E-state index in [0.29, 0.717) is 17.4 Å². The molecule has 0 saturated carbocycles. The van der Waals surface area contributed by atoms with Gasteiger partial charge in [-0.25, -0.2) is 10.0 Å². The molecule has 0 fully saturated rings. The Bertz CT molecular complexity index is 862. The van der Waals surface area contributed by atoms with E-state index in [0.717, 1.165) is 22.2 Å². The second-order valence-corrected chi connectivity index (χ2v) is 5.53. The van der Waals surface area contributed by atoms with E-state index in [1.165, 1.54) is 7.05 Å². The minimum Gasteiger partial charge on any atom is -0.487 e. The number of para-hydroxylation sites is 1. The molecule has 0 atom stereocenters. The number of likely N-dealkylation sites (N-methyl/N-ethyl adjacent to an activating group) is 1. The molecule has 0 unspecified atom stereocenters. The maximum absolute atomic E-state index is 11.6. The van der Waals surface area contributed by atoms with E-state index >= 15 is 0 Å². The predicted molar refractivity (Wildman–Crippen MR) is 90.8 cm³/mol. The Morgan fingerprint density at radius 2 is 1.96 bits per heavy atom. The number of benzene rings is 2. The lowest BCUT2D eigenvalue weighted by Crippen LogP contribution is -2.24. The molecule has 3 aromatic rings. The number of fused-ring (bicyclic) bond motifs is 1. The molecule has 122 valence electrons. The topological polar surface area (TPSA) is 62.7 Å². The molecule has 1 heterocycles. The average molecular weight is 322 g/mol. The molecule has 0 radical (unpaired) electrons. The van der Waals surface area contributed by atoms with Crippen molar-refractivity contribution in [3.63, 3.8) is 0 Å². The molecule has 5 nitrogen and oxygen atoms in total. The van der Waals surface area contributed by atoms with Crippen molar-refractivity contribution < 1.29 is 14.7 Å². The first-order valence-corrected chi connectivity index (χ1v) is 7.64. The third-order valence-corrected chi connectivity index (χ3v) is 3.66. The van der Waals surface area contributed by atoms with Crippen LogP contribution in [0.2, 0.25) is 0 Å². The summed E-state index contributed by atoms with van der Waals surface area (Å²) in [6.45, 7) is 0.349. The molecule has 0 saturated heterocycles. The van der Waals surface area contributed by atoms with E-state index < -0.39 is 0 Å². The molecule has 3 rings (SSSR count). The predicted octanol–water partition coefficient (Wildman–Crippen LogP) is 3.20. The number of hydroxylamine groups is 2. The molecule has 0 aliphatic rings. The van der Waals surface area contributed by atoms with E-state index in [4.69, 9.17) is 9.94 Å². The van der Waals surface area contributed by atoms with Gasteiger partial charge in [-0.1, -0.05) is 36.4 Å². The second kappa shape index (κ2) is 7.10. The largest absolute Gasteiger partial charge is 0.487 e. The highest BCUT2D eigenvalue weighted by molar-refractivity contribution is 5.78. The van der Waals surface area contributed by atoms with Gasteiger partial charge in [-0.05, 0) is 29.8 Å². The number of hydrogen-bond donors (Lipinski definition) is 1. The normalized spacial score (nSPS) is 10.6. The van der Waals surface area contributed by atoms with Gasteiger partial charge < -0.3 is 4.74 Å². The summed E-state index contributed by atoms with van der Waals surface area (Å²) in [7, 11) is 1.31. The van der Waals surface area contributed by atoms with Crippen molar-refractivity contribution in [1.82, 2.24) is 10.0 Å². The molecule has 1 amide bonds. The maximum atomic E-state index is 11.6. The zero-order valence-corrected chi connectivity index (χ0v) is 13.3. The van der Waals surface area contributed by atoms with Crippen LogP contribution in [0.1, 0.15) is 11.3 Å². The molecule has 0 aliphatic heterocycles. The number of hydrogen-bond acceptors (Lipinski definition) is 4. The van der Waals surface area contributed by atoms with E-state index in [1.807, 2.05) is 54.6 Å². The zero-order valence-electron chi connectivity index (χ0n) is 13.3. The first-order chi connectivity index (χ1) is 11.6. The zero-order chi connectivity index (χ0) is 16.9. The summed E-state index contributed by atoms with van der Waals surface area (Å²) >= 11 is 0. The van der Waals surface area contributed by atoms with Crippen LogP contribution < -0.4 is 4.74 Å². The first-order valence-electron chi connectivity index (χ1n) is 7.64. The van der Waals surface area contributed by atoms with Crippen LogP contribution in [0.5, 0.6) is 5.75 Å². The van der Waals surface area contributed by atoms with Gasteiger partial charge in [0.15, 0.2) is 0 Å². The lowest BCUT2D eigenvalue weighted by Gasteiger charge is -2.10. The van der Waals surface area contributed by atoms with Gasteiger partial charge in [-0.3, -0.25) is 10.0 Å². The molecular formula is C19H18N2O3. The highest BCUT2D eigenvalue weighted by Crippen LogP contribution is 2.17. The molecule has 0 bridgehead atoms. The Morgan fingerprint density at radius 3 is 2.79 bits per heavy atom. The summed E-state index contributed by atoms with van der Waals surface area (Å²) in [5.41, 5.74) is 2.55. The van der Waals surface area contributed by atoms with Gasteiger partial charge in [0, 0.05) is 12.4 Å². The Balaban J connectivity index is 1.68. The van der Waals surface area contributed by atoms with Crippen molar-refractivity contribution in [3.8, 4) is 5.75 Å². The van der Waals surface area contributed by atoms with Crippen LogP contribution in [0, 0.1) is 0 Å². The van der Waals surface area contributed by atoms with Gasteiger partial charge >= 0.3 is 0 Å². The Labute approximate surface area is 140 Å². The van der Waals surface area contributed by atoms with Gasteiger partial charge in [-0.2, -0.15) is 0 Å². The van der Waals surface area contributed by atoms with E-state index in [-0.39, 0.29) is 12.3 Å². The van der Waals surface area contributed by atoms with Gasteiger partial charge in [0.1, 0.15) is 12.4 Å². The van der Waals surface area contributed by atoms with Crippen molar-refractivity contribution in [1.29, 1.82) is 0 Å². The number of ether oxygens (including phenoxy) is 1. The van der Waals surface area contributed by atoms with Crippen LogP contribution in [-0.4, -0.2) is 28.2 Å². The van der Waals surface area contributed by atoms with Gasteiger partial charge in [0.25, 0.3) is 0 Å². The molecule has 1 N–H and O–H groups in total. The number of pyridine rings is 1. The number of carbonyl (C=O) groups excluding carboxylic acids is 1. The van der Waals surface area contributed by atoms with Crippen LogP contribution >= 0.6 is 0 Å². The smallest absolute Gasteiger partial charge is 0.250 e. The summed E-state index contributed by atoms with van der Waals surface area (Å²) in [5.74, 6) is 0.291. The van der Waals surface area contributed by atoms with Crippen LogP contribution in [0.4, 0.5) is 0 Å². The highest BCUT2D eigenvalue weighted by atomic mass is 16.5. The van der Waals surface area contributed by atoms with Crippen molar-refractivity contribution in [2.24, 2.45) is 0 Å². The SMILES string of the molecule is CN(O)C(=O)Cc1cccc(OCc2ccc3ccccc3n2)c1. The molecule has 5 heteroatoms. The van der Waals surface area contributed by atoms with E-state index in [9.17, 15) is 4.79 Å². The number of nitrogens with zero attached hydrogens (tertiary/aromatic N) is 2. The van der Waals surface area contributed by atoms with Gasteiger partial charge in [-0.15, -0.1) is 0 Å². The van der Waals surface area contributed by atoms with Crippen LogP contribution in [0.15, 0.2) is 60.7 Å². The third kappa shape index (κ3) is 3.88. The monoisotopic (exact) mass is 322 g/mol. The fraction of sp³-hybridized carbons (Fsp3) is 0.158. The van der Waals surface area contributed by atoms with Crippen molar-refractivity contribution in [3.05, 3.63) is 71.9 Å². The molecule has 1 aromatic heterocycles. The van der Waals surface area contributed by atoms with Crippen molar-refractivity contribution >= 4 is 16.8 Å². The molecule has 0 aliphatic carbocycles. The van der Waals surface area contributed by atoms with E-state index in [2.05, 4.69) is 4.98 Å². The lowest BCUT2D eigenvalue weighted by molar-refractivity contribution is -0.158. The second-order valence-electron chi connectivity index (χ2n) is 5.53. The fourth-order valence-corrected chi connectivity index (χ4v) is 2.38. The molecule has 2 aromatic carbocycles. The average Bonchev–Trinajstić information content (AvgIpc) is 2.60. The minimum absolute atomic E-state index is 0.123. The van der Waals surface area contributed by atoms with E-state index in [1.54, 1.807) is 6.07 Å². The Hall–Kier alpha value is -2.92. The van der Waals surface area contributed by atoms with Crippen molar-refractivity contribution in [2.45, 2.75) is 13.0 Å². The fourth-order valence-electron chi connectivity index (χ4n) is 2.38. The highest BCUT2D eigenvalue weighted by Gasteiger charge is 2.08. The van der Waals surface area contributed by atoms with Crippen LogP contribution in [0.3, 0.4) is 0 Å². The lowest BCUT2D eigenvalue weighted by atomic mass is 10.1. The van der Waals surface area contributed by atoms with Gasteiger partial charge in [0.05, 0.1) is 17.6 Å². The standard InChI is InChI=1S/C19H18N2O3/c1-21(23)19(22)12-14-5-4-7-17(11-14)24-13-16-10-9-15-6-2-3-8-18(15)20-16/h2-11,23H,12-13H2,1H3. The van der Waals surface area contributed by atoms with Crippen LogP contribution in [-0.2, 0) is 17.8 Å². The summed E-state index contributed by atoms with van der Waals surface area (Å²) < 4.78 is 5.77. The number of carbonyl (C=O) groups is 1. The first kappa shape index (κ1) is 16.0. The summed E-state index contributed by atoms with van der Waals surface area (Å²) in [4.78, 5) is 16.1. The summed E-state index contributed by atoms with van der Waals surface area (Å²) in [6.07, 6.45) is 0.123. The van der Waals surface area contributed by atoms with Crippen LogP contribution in [0.25, 0.3) is 10.9 Å². The number of rotatable bonds is 5. The van der Waals surface area contributed by atoms with Gasteiger partial charge in [0.2, 0.25) is 5.91 Å². The number of aromatic nitrogens is 1. The van der Waals surface area contributed by atoms with Crippen molar-refractivity contribution in [2.75, 3.05) is 7.05 Å². The molecule has 24 heavy (non-hydrogen) atoms. The minimum atomic E-state index is -0.372. The molecule has 0 spiro atoms. The quantitative estimate of drug-likeness (QED) is 0.579. The molecular weight excluding hydrogens is 304 g/mol. The summed E-state index contributed by atoms with van der Waals surface area (Å²) in [6, 6.07) is 19.2. The summed E-state index contributed by atoms with van der Waals surface area (Å²) in [5, 5.41) is 10.8. The maximum Gasteiger partial charge on any atom is 0.250 e. The Morgan fingerprint density at radius 1 is 1.12 bits per heavy atom.